The Bertz CT molecular complexity index is 1850. The minimum Gasteiger partial charge on any atom is -0.489 e. The zero-order valence-electron chi connectivity index (χ0n) is 22.9. The van der Waals surface area contributed by atoms with Crippen LogP contribution in [0.2, 0.25) is 0 Å². The van der Waals surface area contributed by atoms with Crippen LogP contribution < -0.4 is 14.8 Å². The van der Waals surface area contributed by atoms with Crippen LogP contribution in [-0.4, -0.2) is 21.4 Å². The Morgan fingerprint density at radius 2 is 1.67 bits per heavy atom. The molecule has 1 aromatic heterocycles. The molecule has 42 heavy (non-hydrogen) atoms. The number of nitrogens with one attached hydrogen (secondary N) is 2. The van der Waals surface area contributed by atoms with Crippen LogP contribution >= 0.6 is 0 Å². The SMILES string of the molecule is CNC(=O)c1c(-c2ccc(F)cc2)oc2cc(NS(=O)(=O)Cc3ccc(OCc4ccccc4)cc3)c(C3CC3)cc12. The monoisotopic (exact) mass is 584 g/mol. The summed E-state index contributed by atoms with van der Waals surface area (Å²) in [5.41, 5.74) is 4.11. The molecule has 0 spiro atoms. The van der Waals surface area contributed by atoms with E-state index in [4.69, 9.17) is 9.15 Å². The summed E-state index contributed by atoms with van der Waals surface area (Å²) in [6.07, 6.45) is 1.84. The van der Waals surface area contributed by atoms with Gasteiger partial charge in [0, 0.05) is 24.1 Å². The van der Waals surface area contributed by atoms with E-state index in [1.165, 1.54) is 19.2 Å². The van der Waals surface area contributed by atoms with E-state index in [1.54, 1.807) is 42.5 Å². The molecule has 6 rings (SSSR count). The first-order valence-corrected chi connectivity index (χ1v) is 15.3. The topological polar surface area (TPSA) is 97.6 Å². The molecule has 5 aromatic rings. The van der Waals surface area contributed by atoms with Crippen molar-refractivity contribution in [3.63, 3.8) is 0 Å². The van der Waals surface area contributed by atoms with Crippen molar-refractivity contribution < 1.29 is 26.8 Å². The van der Waals surface area contributed by atoms with E-state index in [0.717, 1.165) is 24.0 Å². The fourth-order valence-electron chi connectivity index (χ4n) is 4.98. The van der Waals surface area contributed by atoms with Crippen molar-refractivity contribution in [1.29, 1.82) is 0 Å². The van der Waals surface area contributed by atoms with Crippen LogP contribution in [0.1, 0.15) is 45.8 Å². The minimum atomic E-state index is -3.79. The summed E-state index contributed by atoms with van der Waals surface area (Å²) in [5.74, 6) is 0.140. The largest absolute Gasteiger partial charge is 0.489 e. The molecule has 1 aliphatic rings. The number of furan rings is 1. The molecule has 0 unspecified atom stereocenters. The Kier molecular flexibility index (Phi) is 7.43. The zero-order chi connectivity index (χ0) is 29.3. The highest BCUT2D eigenvalue weighted by Crippen LogP contribution is 2.47. The maximum Gasteiger partial charge on any atom is 0.255 e. The molecule has 0 atom stereocenters. The van der Waals surface area contributed by atoms with E-state index in [0.29, 0.717) is 51.5 Å². The Hall–Kier alpha value is -4.63. The zero-order valence-corrected chi connectivity index (χ0v) is 23.7. The van der Waals surface area contributed by atoms with Crippen LogP contribution in [0.5, 0.6) is 5.75 Å². The van der Waals surface area contributed by atoms with Gasteiger partial charge in [-0.2, -0.15) is 0 Å². The fraction of sp³-hybridized carbons (Fsp3) is 0.182. The van der Waals surface area contributed by atoms with Gasteiger partial charge in [-0.05, 0) is 77.9 Å². The molecule has 1 aliphatic carbocycles. The van der Waals surface area contributed by atoms with E-state index < -0.39 is 15.8 Å². The maximum atomic E-state index is 13.6. The third-order valence-corrected chi connectivity index (χ3v) is 8.48. The fourth-order valence-corrected chi connectivity index (χ4v) is 6.20. The van der Waals surface area contributed by atoms with Gasteiger partial charge in [0.2, 0.25) is 10.0 Å². The van der Waals surface area contributed by atoms with E-state index in [1.807, 2.05) is 36.4 Å². The molecular weight excluding hydrogens is 555 g/mol. The number of anilines is 1. The van der Waals surface area contributed by atoms with E-state index in [2.05, 4.69) is 10.0 Å². The van der Waals surface area contributed by atoms with Crippen LogP contribution in [0.15, 0.2) is 95.4 Å². The first-order chi connectivity index (χ1) is 20.3. The summed E-state index contributed by atoms with van der Waals surface area (Å²) in [5, 5.41) is 3.23. The average molecular weight is 585 g/mol. The number of carbonyl (C=O) groups is 1. The van der Waals surface area contributed by atoms with E-state index in [9.17, 15) is 17.6 Å². The number of fused-ring (bicyclic) bond motifs is 1. The molecule has 0 bridgehead atoms. The van der Waals surface area contributed by atoms with Gasteiger partial charge in [-0.15, -0.1) is 0 Å². The summed E-state index contributed by atoms with van der Waals surface area (Å²) >= 11 is 0. The quantitative estimate of drug-likeness (QED) is 0.184. The third kappa shape index (κ3) is 6.01. The Morgan fingerprint density at radius 1 is 0.952 bits per heavy atom. The van der Waals surface area contributed by atoms with Gasteiger partial charge in [0.25, 0.3) is 5.91 Å². The molecule has 2 N–H and O–H groups in total. The Balaban J connectivity index is 1.27. The van der Waals surface area contributed by atoms with Crippen LogP contribution in [0.25, 0.3) is 22.3 Å². The minimum absolute atomic E-state index is 0.176. The molecule has 1 heterocycles. The van der Waals surface area contributed by atoms with E-state index >= 15 is 0 Å². The average Bonchev–Trinajstić information content (AvgIpc) is 3.77. The lowest BCUT2D eigenvalue weighted by molar-refractivity contribution is 0.0964. The molecule has 9 heteroatoms. The third-order valence-electron chi connectivity index (χ3n) is 7.23. The molecular formula is C33H29FN2O5S. The van der Waals surface area contributed by atoms with Crippen molar-refractivity contribution in [3.8, 4) is 17.1 Å². The van der Waals surface area contributed by atoms with Crippen LogP contribution in [0, 0.1) is 5.82 Å². The molecule has 0 radical (unpaired) electrons. The van der Waals surface area contributed by atoms with Gasteiger partial charge in [-0.1, -0.05) is 42.5 Å². The molecule has 0 aliphatic heterocycles. The van der Waals surface area contributed by atoms with Gasteiger partial charge in [0.15, 0.2) is 0 Å². The van der Waals surface area contributed by atoms with Crippen molar-refractivity contribution in [2.45, 2.75) is 31.1 Å². The van der Waals surface area contributed by atoms with E-state index in [-0.39, 0.29) is 17.6 Å². The molecule has 1 amide bonds. The lowest BCUT2D eigenvalue weighted by Gasteiger charge is -2.13. The summed E-state index contributed by atoms with van der Waals surface area (Å²) in [7, 11) is -2.26. The van der Waals surface area contributed by atoms with Crippen molar-refractivity contribution in [2.75, 3.05) is 11.8 Å². The summed E-state index contributed by atoms with van der Waals surface area (Å²) < 4.78 is 54.9. The van der Waals surface area contributed by atoms with Crippen LogP contribution in [0.4, 0.5) is 10.1 Å². The number of benzene rings is 4. The molecule has 1 saturated carbocycles. The number of carbonyl (C=O) groups excluding carboxylic acids is 1. The molecule has 7 nitrogen and oxygen atoms in total. The molecule has 0 saturated heterocycles. The standard InChI is InChI=1S/C33H29FN2O5S/c1-35-33(37)31-28-17-27(23-9-10-23)29(18-30(28)41-32(31)24-11-13-25(34)14-12-24)36-42(38,39)20-22-7-15-26(16-8-22)40-19-21-5-3-2-4-6-21/h2-8,11-18,23,36H,9-10,19-20H2,1H3,(H,35,37). The van der Waals surface area contributed by atoms with Gasteiger partial charge >= 0.3 is 0 Å². The number of sulfonamides is 1. The smallest absolute Gasteiger partial charge is 0.255 e. The van der Waals surface area contributed by atoms with Crippen LogP contribution in [-0.2, 0) is 22.4 Å². The summed E-state index contributed by atoms with van der Waals surface area (Å²) in [4.78, 5) is 12.9. The van der Waals surface area contributed by atoms with Gasteiger partial charge in [-0.25, -0.2) is 12.8 Å². The first-order valence-electron chi connectivity index (χ1n) is 13.6. The van der Waals surface area contributed by atoms with Crippen molar-refractivity contribution >= 4 is 32.6 Å². The first kappa shape index (κ1) is 27.5. The predicted molar refractivity (Wildman–Crippen MR) is 160 cm³/mol. The molecule has 4 aromatic carbocycles. The maximum absolute atomic E-state index is 13.6. The number of rotatable bonds is 10. The Labute approximate surface area is 243 Å². The number of ether oxygens (including phenoxy) is 1. The van der Waals surface area contributed by atoms with Crippen molar-refractivity contribution in [2.24, 2.45) is 0 Å². The van der Waals surface area contributed by atoms with Crippen LogP contribution in [0.3, 0.4) is 0 Å². The number of hydrogen-bond donors (Lipinski definition) is 2. The predicted octanol–water partition coefficient (Wildman–Crippen LogP) is 7.00. The summed E-state index contributed by atoms with van der Waals surface area (Å²) in [6.45, 7) is 0.420. The molecule has 214 valence electrons. The molecule has 1 fully saturated rings. The second-order valence-electron chi connectivity index (χ2n) is 10.4. The lowest BCUT2D eigenvalue weighted by atomic mass is 10.0. The number of hydrogen-bond acceptors (Lipinski definition) is 5. The summed E-state index contributed by atoms with van der Waals surface area (Å²) in [6, 6.07) is 26.0. The van der Waals surface area contributed by atoms with Gasteiger partial charge < -0.3 is 14.5 Å². The van der Waals surface area contributed by atoms with Crippen molar-refractivity contribution in [3.05, 3.63) is 119 Å². The second-order valence-corrected chi connectivity index (χ2v) is 12.1. The van der Waals surface area contributed by atoms with Gasteiger partial charge in [-0.3, -0.25) is 9.52 Å². The van der Waals surface area contributed by atoms with Gasteiger partial charge in [0.1, 0.15) is 29.5 Å². The number of halogens is 1. The van der Waals surface area contributed by atoms with Gasteiger partial charge in [0.05, 0.1) is 17.0 Å². The highest BCUT2D eigenvalue weighted by atomic mass is 32.2. The highest BCUT2D eigenvalue weighted by Gasteiger charge is 2.31. The lowest BCUT2D eigenvalue weighted by Crippen LogP contribution is -2.18. The Morgan fingerprint density at radius 3 is 2.33 bits per heavy atom. The van der Waals surface area contributed by atoms with Crippen molar-refractivity contribution in [1.82, 2.24) is 5.32 Å². The normalized spacial score (nSPS) is 13.2. The second kappa shape index (κ2) is 11.3. The highest BCUT2D eigenvalue weighted by molar-refractivity contribution is 7.91. The number of amides is 1.